The zero-order chi connectivity index (χ0) is 20.8. The highest BCUT2D eigenvalue weighted by Gasteiger charge is 2.35. The Labute approximate surface area is 171 Å². The number of hydroxylamine groups is 4. The number of quaternary nitrogens is 2. The van der Waals surface area contributed by atoms with E-state index < -0.39 is 10.5 Å². The van der Waals surface area contributed by atoms with Gasteiger partial charge in [0.2, 0.25) is 0 Å². The Hall–Kier alpha value is -0.500. The minimum atomic E-state index is -0.431. The highest BCUT2D eigenvalue weighted by Crippen LogP contribution is 2.35. The van der Waals surface area contributed by atoms with Crippen LogP contribution in [0.4, 0.5) is 0 Å². The average Bonchev–Trinajstić information content (AvgIpc) is 2.59. The summed E-state index contributed by atoms with van der Waals surface area (Å²) in [5, 5.41) is 23.7. The number of hydrogen-bond donors (Lipinski definition) is 2. The fourth-order valence-electron chi connectivity index (χ4n) is 5.01. The standard InChI is InChI=1S/C22H42N2O4/c1-15(2)19-9-7-17(5)13-21(19)27-23(25)11-12-24(26)28-22-14-18(6)8-10-20(22)16(3)4/h11-12,15-24H,7-10,13-14H2,1-6H3/b12-11+/t17-,18-,19+,20+,21-,22-/m0/s1. The molecule has 0 radical (unpaired) electrons. The third-order valence-corrected chi connectivity index (χ3v) is 6.81. The van der Waals surface area contributed by atoms with Crippen molar-refractivity contribution in [3.05, 3.63) is 22.8 Å². The fourth-order valence-corrected chi connectivity index (χ4v) is 5.01. The molecule has 2 rings (SSSR count). The molecule has 0 aliphatic heterocycles. The van der Waals surface area contributed by atoms with Gasteiger partial charge in [-0.2, -0.15) is 20.1 Å². The number of rotatable bonds is 8. The van der Waals surface area contributed by atoms with E-state index in [2.05, 4.69) is 41.5 Å². The van der Waals surface area contributed by atoms with Crippen LogP contribution in [0.15, 0.2) is 12.4 Å². The van der Waals surface area contributed by atoms with E-state index in [1.54, 1.807) is 0 Å². The molecule has 2 fully saturated rings. The highest BCUT2D eigenvalue weighted by atomic mass is 16.9. The van der Waals surface area contributed by atoms with Crippen LogP contribution in [0.3, 0.4) is 0 Å². The molecule has 0 saturated heterocycles. The van der Waals surface area contributed by atoms with E-state index >= 15 is 0 Å². The molecule has 164 valence electrons. The average molecular weight is 399 g/mol. The summed E-state index contributed by atoms with van der Waals surface area (Å²) in [6.45, 7) is 13.2. The van der Waals surface area contributed by atoms with E-state index in [0.717, 1.165) is 25.7 Å². The molecule has 0 aromatic heterocycles. The molecular weight excluding hydrogens is 356 g/mol. The van der Waals surface area contributed by atoms with Gasteiger partial charge in [0.1, 0.15) is 12.2 Å². The maximum absolute atomic E-state index is 12.3. The van der Waals surface area contributed by atoms with Gasteiger partial charge in [-0.15, -0.1) is 0 Å². The van der Waals surface area contributed by atoms with Gasteiger partial charge in [0.05, 0.1) is 0 Å². The van der Waals surface area contributed by atoms with Crippen molar-refractivity contribution in [2.75, 3.05) is 0 Å². The first-order chi connectivity index (χ1) is 13.2. The van der Waals surface area contributed by atoms with Crippen molar-refractivity contribution in [3.8, 4) is 0 Å². The topological polar surface area (TPSA) is 73.5 Å². The molecule has 0 aromatic carbocycles. The molecule has 2 unspecified atom stereocenters. The van der Waals surface area contributed by atoms with Gasteiger partial charge < -0.3 is 10.4 Å². The summed E-state index contributed by atoms with van der Waals surface area (Å²) in [5.74, 6) is 2.92. The Bertz CT molecular complexity index is 443. The first-order valence-corrected chi connectivity index (χ1v) is 11.3. The van der Waals surface area contributed by atoms with Crippen LogP contribution in [-0.4, -0.2) is 12.2 Å². The molecule has 28 heavy (non-hydrogen) atoms. The molecule has 2 aliphatic carbocycles. The van der Waals surface area contributed by atoms with E-state index in [4.69, 9.17) is 9.68 Å². The summed E-state index contributed by atoms with van der Waals surface area (Å²) >= 11 is 0. The second-order valence-corrected chi connectivity index (χ2v) is 9.94. The summed E-state index contributed by atoms with van der Waals surface area (Å²) in [6, 6.07) is 0. The van der Waals surface area contributed by atoms with Crippen LogP contribution in [0.2, 0.25) is 0 Å². The minimum Gasteiger partial charge on any atom is -0.595 e. The lowest BCUT2D eigenvalue weighted by Gasteiger charge is -2.38. The van der Waals surface area contributed by atoms with E-state index in [-0.39, 0.29) is 12.2 Å². The summed E-state index contributed by atoms with van der Waals surface area (Å²) in [5.41, 5.74) is 0. The zero-order valence-electron chi connectivity index (χ0n) is 18.6. The largest absolute Gasteiger partial charge is 0.595 e. The molecule has 0 heterocycles. The Kier molecular flexibility index (Phi) is 9.38. The SMILES string of the molecule is CC(C)[C@H]1CC[C@H](C)C[C@@H]1O[NH+]([O-])/C=C/[NH+]([O-])O[C@H]1C[C@@H](C)CC[C@@H]1C(C)C. The van der Waals surface area contributed by atoms with Crippen molar-refractivity contribution in [1.29, 1.82) is 0 Å². The van der Waals surface area contributed by atoms with Crippen molar-refractivity contribution < 1.29 is 20.1 Å². The molecule has 2 saturated carbocycles. The molecule has 8 atom stereocenters. The van der Waals surface area contributed by atoms with Gasteiger partial charge in [-0.3, -0.25) is 0 Å². The summed E-state index contributed by atoms with van der Waals surface area (Å²) in [7, 11) is 0. The molecule has 2 aliphatic rings. The van der Waals surface area contributed by atoms with Crippen LogP contribution in [0.5, 0.6) is 0 Å². The Morgan fingerprint density at radius 1 is 0.714 bits per heavy atom. The van der Waals surface area contributed by atoms with Crippen molar-refractivity contribution in [1.82, 2.24) is 0 Å². The van der Waals surface area contributed by atoms with Gasteiger partial charge in [-0.05, 0) is 61.2 Å². The van der Waals surface area contributed by atoms with Crippen LogP contribution in [0.1, 0.15) is 80.1 Å². The molecule has 0 amide bonds. The monoisotopic (exact) mass is 398 g/mol. The predicted molar refractivity (Wildman–Crippen MR) is 110 cm³/mol. The van der Waals surface area contributed by atoms with E-state index in [0.29, 0.717) is 35.5 Å². The van der Waals surface area contributed by atoms with Crippen molar-refractivity contribution in [2.45, 2.75) is 92.3 Å². The van der Waals surface area contributed by atoms with Crippen LogP contribution >= 0.6 is 0 Å². The fraction of sp³-hybridized carbons (Fsp3) is 0.909. The normalized spacial score (nSPS) is 36.9. The smallest absolute Gasteiger partial charge is 0.184 e. The van der Waals surface area contributed by atoms with Gasteiger partial charge in [-0.1, -0.05) is 54.4 Å². The highest BCUT2D eigenvalue weighted by molar-refractivity contribution is 4.81. The molecule has 2 N–H and O–H groups in total. The van der Waals surface area contributed by atoms with Crippen molar-refractivity contribution in [3.63, 3.8) is 0 Å². The molecule has 0 spiro atoms. The molecular formula is C22H42N2O4. The lowest BCUT2D eigenvalue weighted by atomic mass is 9.75. The van der Waals surface area contributed by atoms with Gasteiger partial charge in [0, 0.05) is 0 Å². The lowest BCUT2D eigenvalue weighted by molar-refractivity contribution is -1.04. The third kappa shape index (κ3) is 7.08. The van der Waals surface area contributed by atoms with Gasteiger partial charge in [0.25, 0.3) is 0 Å². The second-order valence-electron chi connectivity index (χ2n) is 9.94. The number of hydrogen-bond acceptors (Lipinski definition) is 4. The summed E-state index contributed by atoms with van der Waals surface area (Å²) in [4.78, 5) is 11.4. The maximum Gasteiger partial charge on any atom is 0.184 e. The Morgan fingerprint density at radius 3 is 1.39 bits per heavy atom. The maximum atomic E-state index is 12.3. The first-order valence-electron chi connectivity index (χ1n) is 11.3. The molecule has 6 heteroatoms. The predicted octanol–water partition coefficient (Wildman–Crippen LogP) is 3.01. The van der Waals surface area contributed by atoms with Crippen LogP contribution in [0, 0.1) is 45.9 Å². The molecule has 6 nitrogen and oxygen atoms in total. The molecule has 0 bridgehead atoms. The second kappa shape index (κ2) is 11.0. The van der Waals surface area contributed by atoms with Crippen molar-refractivity contribution >= 4 is 0 Å². The van der Waals surface area contributed by atoms with E-state index in [9.17, 15) is 10.4 Å². The minimum absolute atomic E-state index is 0.0542. The van der Waals surface area contributed by atoms with Crippen LogP contribution in [0.25, 0.3) is 0 Å². The summed E-state index contributed by atoms with van der Waals surface area (Å²) in [6.07, 6.45) is 8.77. The lowest BCUT2D eigenvalue weighted by Crippen LogP contribution is -3.07. The van der Waals surface area contributed by atoms with Crippen molar-refractivity contribution in [2.24, 2.45) is 35.5 Å². The Morgan fingerprint density at radius 2 is 1.07 bits per heavy atom. The molecule has 0 aromatic rings. The third-order valence-electron chi connectivity index (χ3n) is 6.81. The van der Waals surface area contributed by atoms with Gasteiger partial charge >= 0.3 is 0 Å². The summed E-state index contributed by atoms with van der Waals surface area (Å²) < 4.78 is 0. The van der Waals surface area contributed by atoms with Gasteiger partial charge in [0.15, 0.2) is 12.4 Å². The van der Waals surface area contributed by atoms with Crippen LogP contribution < -0.4 is 10.5 Å². The Balaban J connectivity index is 1.87. The zero-order valence-corrected chi connectivity index (χ0v) is 18.6. The quantitative estimate of drug-likeness (QED) is 0.617. The number of nitrogens with one attached hydrogen (secondary N) is 2. The van der Waals surface area contributed by atoms with Crippen LogP contribution in [-0.2, 0) is 9.68 Å². The first kappa shape index (κ1) is 23.8. The van der Waals surface area contributed by atoms with Gasteiger partial charge in [-0.25, -0.2) is 0 Å². The van der Waals surface area contributed by atoms with E-state index in [1.807, 2.05) is 0 Å². The van der Waals surface area contributed by atoms with E-state index in [1.165, 1.54) is 25.2 Å².